The fourth-order valence-corrected chi connectivity index (χ4v) is 3.51. The summed E-state index contributed by atoms with van der Waals surface area (Å²) in [5.41, 5.74) is 5.70. The number of nitrogens with two attached hydrogens (primary N) is 1. The highest BCUT2D eigenvalue weighted by Gasteiger charge is 2.36. The molecule has 1 unspecified atom stereocenters. The minimum Gasteiger partial charge on any atom is -0.444 e. The number of carbonyl (C=O) groups excluding carboxylic acids is 4. The zero-order chi connectivity index (χ0) is 25.8. The number of anilines is 2. The highest BCUT2D eigenvalue weighted by atomic mass is 16.6. The molecular weight excluding hydrogens is 438 g/mol. The summed E-state index contributed by atoms with van der Waals surface area (Å²) < 4.78 is 5.23. The van der Waals surface area contributed by atoms with Crippen LogP contribution in [0.2, 0.25) is 0 Å². The number of ether oxygens (including phenoxy) is 1. The van der Waals surface area contributed by atoms with Crippen molar-refractivity contribution in [3.8, 4) is 0 Å². The molecule has 0 radical (unpaired) electrons. The maximum Gasteiger partial charge on any atom is 0.408 e. The Hall–Kier alpha value is -3.30. The Morgan fingerprint density at radius 2 is 1.82 bits per heavy atom. The molecule has 2 atom stereocenters. The predicted molar refractivity (Wildman–Crippen MR) is 130 cm³/mol. The number of para-hydroxylation sites is 1. The largest absolute Gasteiger partial charge is 0.444 e. The third kappa shape index (κ3) is 7.36. The van der Waals surface area contributed by atoms with Gasteiger partial charge in [-0.2, -0.15) is 0 Å². The number of nitrogens with one attached hydrogen (secondary N) is 4. The molecule has 2 rings (SSSR count). The van der Waals surface area contributed by atoms with Gasteiger partial charge in [0.15, 0.2) is 0 Å². The Morgan fingerprint density at radius 3 is 2.41 bits per heavy atom. The van der Waals surface area contributed by atoms with Crippen LogP contribution in [0, 0.1) is 5.92 Å². The van der Waals surface area contributed by atoms with Gasteiger partial charge in [0.1, 0.15) is 23.2 Å². The van der Waals surface area contributed by atoms with Crippen molar-refractivity contribution >= 4 is 35.2 Å². The normalized spacial score (nSPS) is 16.7. The molecule has 1 aliphatic rings. The number of fused-ring (bicyclic) bond motifs is 1. The summed E-state index contributed by atoms with van der Waals surface area (Å²) in [6.07, 6.45) is -0.112. The molecule has 0 bridgehead atoms. The Kier molecular flexibility index (Phi) is 8.18. The highest BCUT2D eigenvalue weighted by Crippen LogP contribution is 2.28. The van der Waals surface area contributed by atoms with Crippen molar-refractivity contribution in [1.29, 1.82) is 0 Å². The summed E-state index contributed by atoms with van der Waals surface area (Å²) in [5, 5.41) is 10.7. The van der Waals surface area contributed by atoms with Crippen molar-refractivity contribution < 1.29 is 23.9 Å². The fraction of sp³-hybridized carbons (Fsp3) is 0.583. The van der Waals surface area contributed by atoms with Crippen LogP contribution in [-0.2, 0) is 25.5 Å². The molecule has 0 aromatic heterocycles. The third-order valence-corrected chi connectivity index (χ3v) is 5.20. The van der Waals surface area contributed by atoms with Crippen LogP contribution in [0.3, 0.4) is 0 Å². The molecule has 4 amide bonds. The number of hydrogen-bond acceptors (Lipinski definition) is 6. The second-order valence-electron chi connectivity index (χ2n) is 10.5. The van der Waals surface area contributed by atoms with Gasteiger partial charge in [0, 0.05) is 6.42 Å². The lowest BCUT2D eigenvalue weighted by Crippen LogP contribution is -2.61. The Bertz CT molecular complexity index is 952. The highest BCUT2D eigenvalue weighted by molar-refractivity contribution is 6.03. The molecule has 0 saturated carbocycles. The molecule has 188 valence electrons. The minimum absolute atomic E-state index is 0.0821. The second-order valence-corrected chi connectivity index (χ2v) is 10.5. The zero-order valence-electron chi connectivity index (χ0n) is 21.0. The minimum atomic E-state index is -1.34. The Morgan fingerprint density at radius 1 is 1.18 bits per heavy atom. The van der Waals surface area contributed by atoms with Gasteiger partial charge in [0.2, 0.25) is 17.7 Å². The maximum absolute atomic E-state index is 13.1. The van der Waals surface area contributed by atoms with Crippen LogP contribution in [0.15, 0.2) is 18.2 Å². The number of carbonyl (C=O) groups is 4. The lowest BCUT2D eigenvalue weighted by Gasteiger charge is -2.31. The molecule has 1 aromatic rings. The average Bonchev–Trinajstić information content (AvgIpc) is 2.66. The maximum atomic E-state index is 13.1. The first-order valence-electron chi connectivity index (χ1n) is 11.4. The summed E-state index contributed by atoms with van der Waals surface area (Å²) in [7, 11) is 0. The van der Waals surface area contributed by atoms with E-state index < -0.39 is 41.1 Å². The van der Waals surface area contributed by atoms with Gasteiger partial charge >= 0.3 is 6.09 Å². The van der Waals surface area contributed by atoms with E-state index in [9.17, 15) is 19.2 Å². The number of rotatable bonds is 7. The van der Waals surface area contributed by atoms with Crippen molar-refractivity contribution in [1.82, 2.24) is 16.0 Å². The number of hydrogen-bond donors (Lipinski definition) is 5. The number of amides is 4. The monoisotopic (exact) mass is 475 g/mol. The van der Waals surface area contributed by atoms with Crippen molar-refractivity contribution in [2.24, 2.45) is 5.92 Å². The van der Waals surface area contributed by atoms with E-state index in [4.69, 9.17) is 10.5 Å². The molecule has 1 aliphatic heterocycles. The fourth-order valence-electron chi connectivity index (χ4n) is 3.51. The van der Waals surface area contributed by atoms with Crippen LogP contribution in [0.1, 0.15) is 60.5 Å². The van der Waals surface area contributed by atoms with Gasteiger partial charge < -0.3 is 31.7 Å². The van der Waals surface area contributed by atoms with Crippen LogP contribution in [0.5, 0.6) is 0 Å². The first-order chi connectivity index (χ1) is 15.6. The topological polar surface area (TPSA) is 152 Å². The van der Waals surface area contributed by atoms with Gasteiger partial charge in [-0.05, 0) is 58.6 Å². The summed E-state index contributed by atoms with van der Waals surface area (Å²) in [6.45, 7) is 12.0. The smallest absolute Gasteiger partial charge is 0.408 e. The molecular formula is C24H37N5O5. The van der Waals surface area contributed by atoms with Gasteiger partial charge in [-0.1, -0.05) is 26.0 Å². The summed E-state index contributed by atoms with van der Waals surface area (Å²) in [6, 6.07) is 3.61. The van der Waals surface area contributed by atoms with Gasteiger partial charge in [0.25, 0.3) is 0 Å². The van der Waals surface area contributed by atoms with E-state index >= 15 is 0 Å². The summed E-state index contributed by atoms with van der Waals surface area (Å²) in [4.78, 5) is 50.8. The lowest BCUT2D eigenvalue weighted by atomic mass is 9.96. The molecule has 10 nitrogen and oxygen atoms in total. The lowest BCUT2D eigenvalue weighted by molar-refractivity contribution is -0.133. The van der Waals surface area contributed by atoms with Crippen molar-refractivity contribution in [2.75, 3.05) is 11.1 Å². The van der Waals surface area contributed by atoms with Crippen molar-refractivity contribution in [3.63, 3.8) is 0 Å². The SMILES string of the molecule is CC(C)C[C@@H](NC(=O)C(C)(C)NC(=O)OC(C)(C)C)C(=O)NC1Cc2cccc(N)c2NC1=O. The van der Waals surface area contributed by atoms with Gasteiger partial charge in [-0.3, -0.25) is 14.4 Å². The van der Waals surface area contributed by atoms with E-state index in [0.717, 1.165) is 5.56 Å². The summed E-state index contributed by atoms with van der Waals surface area (Å²) >= 11 is 0. The third-order valence-electron chi connectivity index (χ3n) is 5.20. The zero-order valence-corrected chi connectivity index (χ0v) is 21.0. The van der Waals surface area contributed by atoms with Gasteiger partial charge in [-0.15, -0.1) is 0 Å². The molecule has 1 aromatic carbocycles. The Labute approximate surface area is 200 Å². The van der Waals surface area contributed by atoms with Gasteiger partial charge in [-0.25, -0.2) is 4.79 Å². The number of nitrogen functional groups attached to an aromatic ring is 1. The predicted octanol–water partition coefficient (Wildman–Crippen LogP) is 2.08. The van der Waals surface area contributed by atoms with E-state index in [0.29, 0.717) is 17.8 Å². The van der Waals surface area contributed by atoms with Crippen LogP contribution >= 0.6 is 0 Å². The molecule has 10 heteroatoms. The summed E-state index contributed by atoms with van der Waals surface area (Å²) in [5.74, 6) is -1.33. The van der Waals surface area contributed by atoms with Crippen LogP contribution in [0.25, 0.3) is 0 Å². The molecule has 0 fully saturated rings. The van der Waals surface area contributed by atoms with Crippen LogP contribution in [0.4, 0.5) is 16.2 Å². The van der Waals surface area contributed by atoms with E-state index in [1.54, 1.807) is 32.9 Å². The molecule has 1 heterocycles. The van der Waals surface area contributed by atoms with Gasteiger partial charge in [0.05, 0.1) is 11.4 Å². The van der Waals surface area contributed by atoms with E-state index in [-0.39, 0.29) is 18.2 Å². The first-order valence-corrected chi connectivity index (χ1v) is 11.4. The number of alkyl carbamates (subject to hydrolysis) is 1. The van der Waals surface area contributed by atoms with E-state index in [2.05, 4.69) is 21.3 Å². The average molecular weight is 476 g/mol. The molecule has 0 saturated heterocycles. The van der Waals surface area contributed by atoms with Crippen LogP contribution in [-0.4, -0.2) is 47.0 Å². The molecule has 6 N–H and O–H groups in total. The second kappa shape index (κ2) is 10.3. The van der Waals surface area contributed by atoms with E-state index in [1.807, 2.05) is 19.9 Å². The van der Waals surface area contributed by atoms with Crippen molar-refractivity contribution in [3.05, 3.63) is 23.8 Å². The van der Waals surface area contributed by atoms with Crippen LogP contribution < -0.4 is 27.0 Å². The quantitative estimate of drug-likeness (QED) is 0.381. The number of benzene rings is 1. The molecule has 0 aliphatic carbocycles. The standard InChI is InChI=1S/C24H37N5O5/c1-13(2)11-16(27-21(32)24(6,7)29-22(33)34-23(3,4)5)19(30)26-17-12-14-9-8-10-15(25)18(14)28-20(17)31/h8-10,13,16-17H,11-12,25H2,1-7H3,(H,26,30)(H,27,32)(H,28,31)(H,29,33)/t16-,17?/m1/s1. The Balaban J connectivity index is 2.09. The molecule has 34 heavy (non-hydrogen) atoms. The first kappa shape index (κ1) is 26.9. The van der Waals surface area contributed by atoms with Crippen molar-refractivity contribution in [2.45, 2.75) is 84.5 Å². The molecule has 0 spiro atoms. The van der Waals surface area contributed by atoms with E-state index in [1.165, 1.54) is 13.8 Å².